The largest absolute Gasteiger partial charge is 0.508 e. The molecule has 0 bridgehead atoms. The molecule has 0 saturated heterocycles. The third kappa shape index (κ3) is 2.59. The number of hydrogen-bond donors (Lipinski definition) is 3. The summed E-state index contributed by atoms with van der Waals surface area (Å²) in [6, 6.07) is 13.2. The topological polar surface area (TPSA) is 99.7 Å². The van der Waals surface area contributed by atoms with Crippen LogP contribution in [-0.4, -0.2) is 26.2 Å². The SMILES string of the molecule is O=c1c2ccccc2nc(NN=Cc2cccc(O)c2)n1O. The van der Waals surface area contributed by atoms with E-state index in [-0.39, 0.29) is 11.7 Å². The Morgan fingerprint density at radius 3 is 2.82 bits per heavy atom. The van der Waals surface area contributed by atoms with Crippen molar-refractivity contribution >= 4 is 23.1 Å². The number of fused-ring (bicyclic) bond motifs is 1. The molecule has 110 valence electrons. The molecule has 22 heavy (non-hydrogen) atoms. The molecule has 0 radical (unpaired) electrons. The third-order valence-corrected chi connectivity index (χ3v) is 3.00. The van der Waals surface area contributed by atoms with E-state index in [0.29, 0.717) is 21.2 Å². The number of aromatic hydroxyl groups is 1. The number of nitrogens with one attached hydrogen (secondary N) is 1. The number of hydrogen-bond acceptors (Lipinski definition) is 6. The summed E-state index contributed by atoms with van der Waals surface area (Å²) < 4.78 is 0.405. The van der Waals surface area contributed by atoms with Crippen LogP contribution in [-0.2, 0) is 0 Å². The number of hydrazone groups is 1. The monoisotopic (exact) mass is 296 g/mol. The van der Waals surface area contributed by atoms with Gasteiger partial charge in [0.05, 0.1) is 17.1 Å². The molecule has 0 saturated carbocycles. The molecule has 1 heterocycles. The number of phenols is 1. The Labute approximate surface area is 124 Å². The molecule has 2 aromatic carbocycles. The first-order valence-electron chi connectivity index (χ1n) is 6.44. The molecule has 3 rings (SSSR count). The van der Waals surface area contributed by atoms with E-state index in [0.717, 1.165) is 0 Å². The van der Waals surface area contributed by atoms with Crippen molar-refractivity contribution in [3.05, 3.63) is 64.4 Å². The molecule has 3 aromatic rings. The summed E-state index contributed by atoms with van der Waals surface area (Å²) >= 11 is 0. The molecule has 3 N–H and O–H groups in total. The van der Waals surface area contributed by atoms with Crippen molar-refractivity contribution in [3.63, 3.8) is 0 Å². The average Bonchev–Trinajstić information content (AvgIpc) is 2.52. The summed E-state index contributed by atoms with van der Waals surface area (Å²) in [5, 5.41) is 23.4. The van der Waals surface area contributed by atoms with Crippen LogP contribution in [0.1, 0.15) is 5.56 Å². The van der Waals surface area contributed by atoms with E-state index in [1.807, 2.05) is 0 Å². The number of aromatic nitrogens is 2. The highest BCUT2D eigenvalue weighted by molar-refractivity contribution is 5.81. The van der Waals surface area contributed by atoms with E-state index >= 15 is 0 Å². The van der Waals surface area contributed by atoms with E-state index < -0.39 is 5.56 Å². The highest BCUT2D eigenvalue weighted by atomic mass is 16.5. The van der Waals surface area contributed by atoms with Crippen LogP contribution in [0.5, 0.6) is 5.75 Å². The maximum absolute atomic E-state index is 12.0. The van der Waals surface area contributed by atoms with Crippen LogP contribution in [0.3, 0.4) is 0 Å². The first-order chi connectivity index (χ1) is 10.6. The van der Waals surface area contributed by atoms with Gasteiger partial charge in [-0.2, -0.15) is 5.10 Å². The standard InChI is InChI=1S/C15H12N4O3/c20-11-5-3-4-10(8-11)9-16-18-15-17-13-7-2-1-6-12(13)14(21)19(15)22/h1-9,20,22H,(H,17,18). The smallest absolute Gasteiger partial charge is 0.295 e. The minimum Gasteiger partial charge on any atom is -0.508 e. The molecule has 0 aliphatic rings. The highest BCUT2D eigenvalue weighted by Crippen LogP contribution is 2.11. The Morgan fingerprint density at radius 1 is 1.18 bits per heavy atom. The Hall–Kier alpha value is -3.35. The van der Waals surface area contributed by atoms with Gasteiger partial charge in [0.25, 0.3) is 11.5 Å². The number of nitrogens with zero attached hydrogens (tertiary/aromatic N) is 3. The molecule has 7 nitrogen and oxygen atoms in total. The first-order valence-corrected chi connectivity index (χ1v) is 6.44. The van der Waals surface area contributed by atoms with E-state index in [4.69, 9.17) is 0 Å². The second-order valence-corrected chi connectivity index (χ2v) is 4.53. The minimum absolute atomic E-state index is 0.0971. The van der Waals surface area contributed by atoms with Gasteiger partial charge >= 0.3 is 0 Å². The lowest BCUT2D eigenvalue weighted by atomic mass is 10.2. The van der Waals surface area contributed by atoms with Gasteiger partial charge in [0.2, 0.25) is 0 Å². The van der Waals surface area contributed by atoms with Crippen LogP contribution in [0.15, 0.2) is 58.4 Å². The third-order valence-electron chi connectivity index (χ3n) is 3.00. The van der Waals surface area contributed by atoms with Gasteiger partial charge in [-0.25, -0.2) is 10.4 Å². The summed E-state index contributed by atoms with van der Waals surface area (Å²) in [5.41, 5.74) is 3.03. The zero-order valence-electron chi connectivity index (χ0n) is 11.3. The van der Waals surface area contributed by atoms with E-state index in [1.54, 1.807) is 42.5 Å². The van der Waals surface area contributed by atoms with E-state index in [2.05, 4.69) is 15.5 Å². The second-order valence-electron chi connectivity index (χ2n) is 4.53. The van der Waals surface area contributed by atoms with Gasteiger partial charge in [-0.1, -0.05) is 24.3 Å². The fourth-order valence-corrected chi connectivity index (χ4v) is 1.97. The summed E-state index contributed by atoms with van der Waals surface area (Å²) in [5.74, 6) is 0.0203. The molecule has 0 unspecified atom stereocenters. The number of phenolic OH excluding ortho intramolecular Hbond substituents is 1. The summed E-state index contributed by atoms with van der Waals surface area (Å²) in [6.45, 7) is 0. The predicted octanol–water partition coefficient (Wildman–Crippen LogP) is 1.79. The molecule has 0 amide bonds. The summed E-state index contributed by atoms with van der Waals surface area (Å²) in [6.07, 6.45) is 1.43. The lowest BCUT2D eigenvalue weighted by Gasteiger charge is -2.06. The molecule has 0 fully saturated rings. The van der Waals surface area contributed by atoms with Crippen molar-refractivity contribution in [1.29, 1.82) is 0 Å². The fraction of sp³-hybridized carbons (Fsp3) is 0. The maximum Gasteiger partial charge on any atom is 0.295 e. The maximum atomic E-state index is 12.0. The van der Waals surface area contributed by atoms with E-state index in [9.17, 15) is 15.1 Å². The molecular weight excluding hydrogens is 284 g/mol. The predicted molar refractivity (Wildman–Crippen MR) is 82.5 cm³/mol. The van der Waals surface area contributed by atoms with Gasteiger partial charge in [-0.15, -0.1) is 4.73 Å². The molecule has 7 heteroatoms. The number of anilines is 1. The zero-order chi connectivity index (χ0) is 15.5. The molecular formula is C15H12N4O3. The van der Waals surface area contributed by atoms with Gasteiger partial charge in [-0.3, -0.25) is 4.79 Å². The van der Waals surface area contributed by atoms with Crippen LogP contribution in [0.4, 0.5) is 5.95 Å². The molecule has 1 aromatic heterocycles. The van der Waals surface area contributed by atoms with Gasteiger partial charge in [0.1, 0.15) is 5.75 Å². The Morgan fingerprint density at radius 2 is 2.00 bits per heavy atom. The van der Waals surface area contributed by atoms with Gasteiger partial charge in [0.15, 0.2) is 0 Å². The van der Waals surface area contributed by atoms with Gasteiger partial charge in [-0.05, 0) is 29.8 Å². The fourth-order valence-electron chi connectivity index (χ4n) is 1.97. The van der Waals surface area contributed by atoms with Crippen molar-refractivity contribution < 1.29 is 10.3 Å². The van der Waals surface area contributed by atoms with Crippen molar-refractivity contribution in [1.82, 2.24) is 9.71 Å². The number of para-hydroxylation sites is 1. The highest BCUT2D eigenvalue weighted by Gasteiger charge is 2.08. The van der Waals surface area contributed by atoms with Crippen molar-refractivity contribution in [2.75, 3.05) is 5.43 Å². The molecule has 0 aliphatic heterocycles. The molecule has 0 spiro atoms. The van der Waals surface area contributed by atoms with Crippen LogP contribution in [0, 0.1) is 0 Å². The van der Waals surface area contributed by atoms with Crippen molar-refractivity contribution in [3.8, 4) is 5.75 Å². The molecule has 0 aliphatic carbocycles. The zero-order valence-corrected chi connectivity index (χ0v) is 11.3. The Bertz CT molecular complexity index is 918. The lowest BCUT2D eigenvalue weighted by molar-refractivity contribution is 0.179. The summed E-state index contributed by atoms with van der Waals surface area (Å²) in [4.78, 5) is 16.1. The molecule has 0 atom stereocenters. The first kappa shape index (κ1) is 13.6. The summed E-state index contributed by atoms with van der Waals surface area (Å²) in [7, 11) is 0. The Kier molecular flexibility index (Phi) is 3.45. The number of rotatable bonds is 3. The van der Waals surface area contributed by atoms with Crippen molar-refractivity contribution in [2.24, 2.45) is 5.10 Å². The van der Waals surface area contributed by atoms with Crippen LogP contribution >= 0.6 is 0 Å². The second kappa shape index (κ2) is 5.57. The van der Waals surface area contributed by atoms with Gasteiger partial charge in [0, 0.05) is 0 Å². The quantitative estimate of drug-likeness (QED) is 0.389. The normalized spacial score (nSPS) is 11.1. The van der Waals surface area contributed by atoms with Crippen LogP contribution in [0.2, 0.25) is 0 Å². The average molecular weight is 296 g/mol. The van der Waals surface area contributed by atoms with Crippen LogP contribution < -0.4 is 11.0 Å². The van der Waals surface area contributed by atoms with E-state index in [1.165, 1.54) is 12.3 Å². The number of benzene rings is 2. The minimum atomic E-state index is -0.583. The van der Waals surface area contributed by atoms with Crippen molar-refractivity contribution in [2.45, 2.75) is 0 Å². The van der Waals surface area contributed by atoms with Crippen LogP contribution in [0.25, 0.3) is 10.9 Å². The Balaban J connectivity index is 1.91. The lowest BCUT2D eigenvalue weighted by Crippen LogP contribution is -2.22. The van der Waals surface area contributed by atoms with Gasteiger partial charge < -0.3 is 10.3 Å².